The third-order valence-corrected chi connectivity index (χ3v) is 4.35. The molecular weight excluding hydrogens is 357 g/mol. The van der Waals surface area contributed by atoms with E-state index in [0.717, 1.165) is 5.69 Å². The molecule has 0 saturated carbocycles. The largest absolute Gasteiger partial charge is 0.380 e. The van der Waals surface area contributed by atoms with Crippen LogP contribution in [-0.4, -0.2) is 10.9 Å². The van der Waals surface area contributed by atoms with E-state index in [1.54, 1.807) is 30.5 Å². The minimum atomic E-state index is -0.348. The Balaban J connectivity index is 1.63. The molecule has 0 aliphatic rings. The molecule has 0 radical (unpaired) electrons. The number of anilines is 2. The fraction of sp³-hybridized carbons (Fsp3) is 0.0526. The van der Waals surface area contributed by atoms with E-state index in [9.17, 15) is 4.79 Å². The molecule has 25 heavy (non-hydrogen) atoms. The number of hydrogen-bond donors (Lipinski definition) is 2. The van der Waals surface area contributed by atoms with Crippen LogP contribution in [0.5, 0.6) is 0 Å². The molecule has 2 N–H and O–H groups in total. The summed E-state index contributed by atoms with van der Waals surface area (Å²) in [4.78, 5) is 16.5. The van der Waals surface area contributed by atoms with Crippen molar-refractivity contribution in [3.05, 3.63) is 88.2 Å². The second-order valence-corrected chi connectivity index (χ2v) is 6.11. The van der Waals surface area contributed by atoms with Gasteiger partial charge in [-0.15, -0.1) is 0 Å². The van der Waals surface area contributed by atoms with E-state index in [1.807, 2.05) is 36.4 Å². The fourth-order valence-electron chi connectivity index (χ4n) is 2.22. The molecule has 0 bridgehead atoms. The van der Waals surface area contributed by atoms with Crippen LogP contribution < -0.4 is 10.6 Å². The van der Waals surface area contributed by atoms with Crippen LogP contribution in [-0.2, 0) is 6.54 Å². The average molecular weight is 372 g/mol. The van der Waals surface area contributed by atoms with Gasteiger partial charge >= 0.3 is 0 Å². The van der Waals surface area contributed by atoms with Gasteiger partial charge in [-0.3, -0.25) is 4.79 Å². The molecule has 0 spiro atoms. The summed E-state index contributed by atoms with van der Waals surface area (Å²) in [5.74, 6) is -0.348. The van der Waals surface area contributed by atoms with Crippen LogP contribution >= 0.6 is 23.2 Å². The Labute approximate surface area is 155 Å². The predicted molar refractivity (Wildman–Crippen MR) is 102 cm³/mol. The number of aromatic nitrogens is 1. The van der Waals surface area contributed by atoms with E-state index in [-0.39, 0.29) is 5.91 Å². The van der Waals surface area contributed by atoms with Crippen molar-refractivity contribution in [1.29, 1.82) is 0 Å². The summed E-state index contributed by atoms with van der Waals surface area (Å²) in [6.07, 6.45) is 1.62. The first-order chi connectivity index (χ1) is 12.1. The number of halogens is 2. The number of rotatable bonds is 5. The highest BCUT2D eigenvalue weighted by molar-refractivity contribution is 6.44. The smallest absolute Gasteiger partial charge is 0.274 e. The van der Waals surface area contributed by atoms with Gasteiger partial charge in [0.25, 0.3) is 5.91 Å². The maximum absolute atomic E-state index is 12.3. The van der Waals surface area contributed by atoms with Gasteiger partial charge in [0, 0.05) is 6.54 Å². The number of hydrogen-bond acceptors (Lipinski definition) is 3. The predicted octanol–water partition coefficient (Wildman–Crippen LogP) is 5.25. The monoisotopic (exact) mass is 371 g/mol. The molecule has 3 aromatic rings. The standard InChI is InChI=1S/C19H15Cl2N3O/c20-15-7-4-8-16(18(15)21)24-19(25)17-10-9-14(12-23-17)22-11-13-5-2-1-3-6-13/h1-10,12,22H,11H2,(H,24,25). The summed E-state index contributed by atoms with van der Waals surface area (Å²) in [6, 6.07) is 18.6. The van der Waals surface area contributed by atoms with Crippen molar-refractivity contribution in [2.24, 2.45) is 0 Å². The number of carbonyl (C=O) groups is 1. The molecule has 0 aliphatic carbocycles. The highest BCUT2D eigenvalue weighted by Crippen LogP contribution is 2.29. The number of benzene rings is 2. The lowest BCUT2D eigenvalue weighted by Gasteiger charge is -2.09. The second kappa shape index (κ2) is 8.01. The van der Waals surface area contributed by atoms with Gasteiger partial charge in [-0.25, -0.2) is 4.98 Å². The molecule has 0 aliphatic heterocycles. The topological polar surface area (TPSA) is 54.0 Å². The minimum absolute atomic E-state index is 0.293. The summed E-state index contributed by atoms with van der Waals surface area (Å²) < 4.78 is 0. The molecule has 0 atom stereocenters. The van der Waals surface area contributed by atoms with Crippen LogP contribution in [0, 0.1) is 0 Å². The number of nitrogens with one attached hydrogen (secondary N) is 2. The van der Waals surface area contributed by atoms with Crippen LogP contribution in [0.4, 0.5) is 11.4 Å². The molecule has 1 heterocycles. The summed E-state index contributed by atoms with van der Waals surface area (Å²) in [7, 11) is 0. The molecule has 4 nitrogen and oxygen atoms in total. The Bertz CT molecular complexity index is 868. The molecule has 0 fully saturated rings. The summed E-state index contributed by atoms with van der Waals surface area (Å²) in [5, 5.41) is 6.65. The van der Waals surface area contributed by atoms with Crippen molar-refractivity contribution in [3.63, 3.8) is 0 Å². The molecule has 6 heteroatoms. The summed E-state index contributed by atoms with van der Waals surface area (Å²) in [6.45, 7) is 0.687. The van der Waals surface area contributed by atoms with Crippen molar-refractivity contribution in [2.75, 3.05) is 10.6 Å². The van der Waals surface area contributed by atoms with E-state index in [4.69, 9.17) is 23.2 Å². The molecule has 1 amide bonds. The van der Waals surface area contributed by atoms with Gasteiger partial charge in [0.05, 0.1) is 27.6 Å². The van der Waals surface area contributed by atoms with Gasteiger partial charge in [0.2, 0.25) is 0 Å². The number of pyridine rings is 1. The van der Waals surface area contributed by atoms with Crippen LogP contribution in [0.1, 0.15) is 16.1 Å². The zero-order valence-corrected chi connectivity index (χ0v) is 14.7. The lowest BCUT2D eigenvalue weighted by Crippen LogP contribution is -2.14. The maximum Gasteiger partial charge on any atom is 0.274 e. The van der Waals surface area contributed by atoms with Gasteiger partial charge in [0.15, 0.2) is 0 Å². The molecule has 0 saturated heterocycles. The number of carbonyl (C=O) groups excluding carboxylic acids is 1. The van der Waals surface area contributed by atoms with Gasteiger partial charge in [-0.2, -0.15) is 0 Å². The van der Waals surface area contributed by atoms with Crippen molar-refractivity contribution in [2.45, 2.75) is 6.54 Å². The van der Waals surface area contributed by atoms with Crippen LogP contribution in [0.15, 0.2) is 66.9 Å². The number of amides is 1. The van der Waals surface area contributed by atoms with Gasteiger partial charge < -0.3 is 10.6 Å². The Morgan fingerprint density at radius 1 is 0.960 bits per heavy atom. The van der Waals surface area contributed by atoms with Crippen molar-refractivity contribution < 1.29 is 4.79 Å². The number of nitrogens with zero attached hydrogens (tertiary/aromatic N) is 1. The Morgan fingerprint density at radius 3 is 2.48 bits per heavy atom. The van der Waals surface area contributed by atoms with Gasteiger partial charge in [0.1, 0.15) is 5.69 Å². The third kappa shape index (κ3) is 4.50. The van der Waals surface area contributed by atoms with Crippen LogP contribution in [0.2, 0.25) is 10.0 Å². The van der Waals surface area contributed by atoms with Crippen LogP contribution in [0.25, 0.3) is 0 Å². The summed E-state index contributed by atoms with van der Waals surface area (Å²) in [5.41, 5.74) is 2.75. The lowest BCUT2D eigenvalue weighted by atomic mass is 10.2. The van der Waals surface area contributed by atoms with Crippen molar-refractivity contribution in [3.8, 4) is 0 Å². The normalized spacial score (nSPS) is 10.3. The first-order valence-corrected chi connectivity index (χ1v) is 8.38. The highest BCUT2D eigenvalue weighted by Gasteiger charge is 2.11. The SMILES string of the molecule is O=C(Nc1cccc(Cl)c1Cl)c1ccc(NCc2ccccc2)cn1. The first kappa shape index (κ1) is 17.3. The lowest BCUT2D eigenvalue weighted by molar-refractivity contribution is 0.102. The third-order valence-electron chi connectivity index (χ3n) is 3.54. The quantitative estimate of drug-likeness (QED) is 0.643. The van der Waals surface area contributed by atoms with Gasteiger partial charge in [-0.05, 0) is 29.8 Å². The maximum atomic E-state index is 12.3. The molecule has 2 aromatic carbocycles. The molecule has 1 aromatic heterocycles. The van der Waals surface area contributed by atoms with Gasteiger partial charge in [-0.1, -0.05) is 59.6 Å². The highest BCUT2D eigenvalue weighted by atomic mass is 35.5. The summed E-state index contributed by atoms with van der Waals surface area (Å²) >= 11 is 12.0. The van der Waals surface area contributed by atoms with Crippen molar-refractivity contribution in [1.82, 2.24) is 4.98 Å². The molecule has 126 valence electrons. The second-order valence-electron chi connectivity index (χ2n) is 5.33. The minimum Gasteiger partial charge on any atom is -0.380 e. The molecular formula is C19H15Cl2N3O. The van der Waals surface area contributed by atoms with E-state index >= 15 is 0 Å². The van der Waals surface area contributed by atoms with Crippen LogP contribution in [0.3, 0.4) is 0 Å². The molecule has 0 unspecified atom stereocenters. The Morgan fingerprint density at radius 2 is 1.76 bits per heavy atom. The fourth-order valence-corrected chi connectivity index (χ4v) is 2.57. The molecule has 3 rings (SSSR count). The van der Waals surface area contributed by atoms with E-state index in [2.05, 4.69) is 15.6 Å². The van der Waals surface area contributed by atoms with E-state index in [1.165, 1.54) is 5.56 Å². The van der Waals surface area contributed by atoms with Crippen molar-refractivity contribution >= 4 is 40.5 Å². The zero-order valence-electron chi connectivity index (χ0n) is 13.2. The first-order valence-electron chi connectivity index (χ1n) is 7.63. The zero-order chi connectivity index (χ0) is 17.6. The Kier molecular flexibility index (Phi) is 5.53. The van der Waals surface area contributed by atoms with E-state index in [0.29, 0.717) is 28.0 Å². The van der Waals surface area contributed by atoms with E-state index < -0.39 is 0 Å². The Hall–Kier alpha value is -2.56. The average Bonchev–Trinajstić information content (AvgIpc) is 2.65.